The van der Waals surface area contributed by atoms with Crippen molar-refractivity contribution in [3.05, 3.63) is 60.7 Å². The second-order valence-electron chi connectivity index (χ2n) is 8.79. The highest BCUT2D eigenvalue weighted by Gasteiger charge is 2.50. The SMILES string of the molecule is CC(C)(C)[Si](OCC(OCCCl)[C@@H]1CCC(=O)N1)(c1ccccc1)c1ccccc1. The minimum absolute atomic E-state index is 0.0427. The summed E-state index contributed by atoms with van der Waals surface area (Å²) in [7, 11) is -2.64. The molecule has 1 saturated heterocycles. The van der Waals surface area contributed by atoms with E-state index in [-0.39, 0.29) is 23.1 Å². The monoisotopic (exact) mass is 445 g/mol. The zero-order valence-corrected chi connectivity index (χ0v) is 19.8. The Morgan fingerprint density at radius 1 is 1.07 bits per heavy atom. The fourth-order valence-corrected chi connectivity index (χ4v) is 9.02. The zero-order valence-electron chi connectivity index (χ0n) is 18.1. The molecule has 0 spiro atoms. The summed E-state index contributed by atoms with van der Waals surface area (Å²) in [6.07, 6.45) is 1.07. The minimum Gasteiger partial charge on any atom is -0.405 e. The maximum atomic E-state index is 11.8. The standard InChI is InChI=1S/C24H32ClNO3Si/c1-24(2,3)30(19-10-6-4-7-11-19,20-12-8-5-9-13-20)29-18-22(28-17-16-25)21-14-15-23(27)26-21/h4-13,21-22H,14-18H2,1-3H3,(H,26,27)/t21-,22?/m0/s1. The maximum absolute atomic E-state index is 11.8. The van der Waals surface area contributed by atoms with Crippen LogP contribution in [-0.2, 0) is 14.0 Å². The summed E-state index contributed by atoms with van der Waals surface area (Å²) in [5.41, 5.74) is 0. The van der Waals surface area contributed by atoms with Gasteiger partial charge in [0.15, 0.2) is 0 Å². The number of rotatable bonds is 9. The Bertz CT molecular complexity index is 771. The molecule has 1 unspecified atom stereocenters. The number of amides is 1. The van der Waals surface area contributed by atoms with E-state index in [1.807, 2.05) is 12.1 Å². The molecule has 6 heteroatoms. The smallest absolute Gasteiger partial charge is 0.261 e. The Hall–Kier alpha value is -1.66. The third-order valence-electron chi connectivity index (χ3n) is 5.77. The number of hydrogen-bond donors (Lipinski definition) is 1. The van der Waals surface area contributed by atoms with Crippen LogP contribution in [0.3, 0.4) is 0 Å². The molecule has 0 saturated carbocycles. The van der Waals surface area contributed by atoms with Crippen LogP contribution < -0.4 is 15.7 Å². The number of ether oxygens (including phenoxy) is 1. The van der Waals surface area contributed by atoms with Gasteiger partial charge in [-0.15, -0.1) is 11.6 Å². The quantitative estimate of drug-likeness (QED) is 0.475. The highest BCUT2D eigenvalue weighted by molar-refractivity contribution is 6.99. The first-order chi connectivity index (χ1) is 14.4. The normalized spacial score (nSPS) is 18.3. The van der Waals surface area contributed by atoms with Gasteiger partial charge in [0.05, 0.1) is 25.4 Å². The summed E-state index contributed by atoms with van der Waals surface area (Å²) in [4.78, 5) is 11.8. The van der Waals surface area contributed by atoms with Gasteiger partial charge < -0.3 is 14.5 Å². The fraction of sp³-hybridized carbons (Fsp3) is 0.458. The molecule has 1 heterocycles. The van der Waals surface area contributed by atoms with E-state index >= 15 is 0 Å². The van der Waals surface area contributed by atoms with Crippen LogP contribution in [0.4, 0.5) is 0 Å². The lowest BCUT2D eigenvalue weighted by molar-refractivity contribution is -0.119. The Balaban J connectivity index is 1.98. The van der Waals surface area contributed by atoms with Gasteiger partial charge >= 0.3 is 0 Å². The number of benzene rings is 2. The Morgan fingerprint density at radius 2 is 1.63 bits per heavy atom. The van der Waals surface area contributed by atoms with Crippen LogP contribution in [0.15, 0.2) is 60.7 Å². The van der Waals surface area contributed by atoms with Gasteiger partial charge in [0, 0.05) is 12.3 Å². The van der Waals surface area contributed by atoms with Gasteiger partial charge in [0.1, 0.15) is 0 Å². The molecule has 1 aliphatic rings. The molecular weight excluding hydrogens is 414 g/mol. The summed E-state index contributed by atoms with van der Waals surface area (Å²) < 4.78 is 13.0. The lowest BCUT2D eigenvalue weighted by atomic mass is 10.1. The molecule has 2 aromatic carbocycles. The lowest BCUT2D eigenvalue weighted by Gasteiger charge is -2.44. The average Bonchev–Trinajstić information content (AvgIpc) is 3.17. The van der Waals surface area contributed by atoms with E-state index in [4.69, 9.17) is 20.8 Å². The number of nitrogens with one attached hydrogen (secondary N) is 1. The van der Waals surface area contributed by atoms with Crippen LogP contribution in [0.25, 0.3) is 0 Å². The van der Waals surface area contributed by atoms with Crippen molar-refractivity contribution in [1.29, 1.82) is 0 Å². The molecule has 30 heavy (non-hydrogen) atoms. The van der Waals surface area contributed by atoms with Crippen molar-refractivity contribution in [3.8, 4) is 0 Å². The topological polar surface area (TPSA) is 47.6 Å². The summed E-state index contributed by atoms with van der Waals surface area (Å²) in [5.74, 6) is 0.487. The Morgan fingerprint density at radius 3 is 2.07 bits per heavy atom. The molecule has 1 fully saturated rings. The number of halogens is 1. The lowest BCUT2D eigenvalue weighted by Crippen LogP contribution is -2.67. The van der Waals surface area contributed by atoms with E-state index in [0.717, 1.165) is 6.42 Å². The van der Waals surface area contributed by atoms with Gasteiger partial charge in [-0.05, 0) is 21.8 Å². The molecule has 3 rings (SSSR count). The Kier molecular flexibility index (Phi) is 7.74. The van der Waals surface area contributed by atoms with Crippen LogP contribution in [0.2, 0.25) is 5.04 Å². The molecule has 2 aromatic rings. The second-order valence-corrected chi connectivity index (χ2v) is 13.5. The average molecular weight is 446 g/mol. The second kappa shape index (κ2) is 10.1. The van der Waals surface area contributed by atoms with E-state index in [9.17, 15) is 4.79 Å². The van der Waals surface area contributed by atoms with Crippen LogP contribution in [0.5, 0.6) is 0 Å². The molecule has 4 nitrogen and oxygen atoms in total. The molecule has 0 aromatic heterocycles. The van der Waals surface area contributed by atoms with Crippen LogP contribution >= 0.6 is 11.6 Å². The molecule has 1 aliphatic heterocycles. The number of hydrogen-bond acceptors (Lipinski definition) is 3. The highest BCUT2D eigenvalue weighted by Crippen LogP contribution is 2.37. The van der Waals surface area contributed by atoms with Crippen molar-refractivity contribution in [3.63, 3.8) is 0 Å². The largest absolute Gasteiger partial charge is 0.405 e. The van der Waals surface area contributed by atoms with Gasteiger partial charge in [-0.1, -0.05) is 81.4 Å². The highest BCUT2D eigenvalue weighted by atomic mass is 35.5. The minimum atomic E-state index is -2.64. The number of carbonyl (C=O) groups excluding carboxylic acids is 1. The number of carbonyl (C=O) groups is 1. The molecule has 0 aliphatic carbocycles. The van der Waals surface area contributed by atoms with Crippen molar-refractivity contribution in [2.24, 2.45) is 0 Å². The van der Waals surface area contributed by atoms with E-state index in [1.54, 1.807) is 0 Å². The number of alkyl halides is 1. The van der Waals surface area contributed by atoms with Gasteiger partial charge in [-0.2, -0.15) is 0 Å². The van der Waals surface area contributed by atoms with Crippen molar-refractivity contribution >= 4 is 36.2 Å². The molecule has 0 radical (unpaired) electrons. The van der Waals surface area contributed by atoms with Crippen molar-refractivity contribution in [2.75, 3.05) is 19.1 Å². The first-order valence-electron chi connectivity index (χ1n) is 10.6. The summed E-state index contributed by atoms with van der Waals surface area (Å²) in [6.45, 7) is 7.61. The van der Waals surface area contributed by atoms with E-state index in [2.05, 4.69) is 74.6 Å². The predicted molar refractivity (Wildman–Crippen MR) is 125 cm³/mol. The first kappa shape index (κ1) is 23.0. The zero-order chi connectivity index (χ0) is 21.6. The van der Waals surface area contributed by atoms with Crippen LogP contribution in [-0.4, -0.2) is 45.5 Å². The summed E-state index contributed by atoms with van der Waals surface area (Å²) >= 11 is 5.89. The Labute approximate surface area is 186 Å². The first-order valence-corrected chi connectivity index (χ1v) is 13.0. The maximum Gasteiger partial charge on any atom is 0.261 e. The van der Waals surface area contributed by atoms with Gasteiger partial charge in [0.25, 0.3) is 8.32 Å². The molecular formula is C24H32ClNO3Si. The van der Waals surface area contributed by atoms with E-state index in [1.165, 1.54) is 10.4 Å². The van der Waals surface area contributed by atoms with Crippen molar-refractivity contribution in [2.45, 2.75) is 50.8 Å². The third kappa shape index (κ3) is 4.97. The third-order valence-corrected chi connectivity index (χ3v) is 10.9. The van der Waals surface area contributed by atoms with Crippen LogP contribution in [0, 0.1) is 0 Å². The van der Waals surface area contributed by atoms with Crippen molar-refractivity contribution in [1.82, 2.24) is 5.32 Å². The molecule has 0 bridgehead atoms. The van der Waals surface area contributed by atoms with E-state index < -0.39 is 8.32 Å². The van der Waals surface area contributed by atoms with E-state index in [0.29, 0.717) is 25.5 Å². The molecule has 2 atom stereocenters. The predicted octanol–water partition coefficient (Wildman–Crippen LogP) is 3.47. The summed E-state index contributed by atoms with van der Waals surface area (Å²) in [5, 5.41) is 5.40. The van der Waals surface area contributed by atoms with Crippen molar-refractivity contribution < 1.29 is 14.0 Å². The van der Waals surface area contributed by atoms with Gasteiger partial charge in [0.2, 0.25) is 5.91 Å². The summed E-state index contributed by atoms with van der Waals surface area (Å²) in [6, 6.07) is 21.1. The van der Waals surface area contributed by atoms with Crippen LogP contribution in [0.1, 0.15) is 33.6 Å². The molecule has 1 amide bonds. The fourth-order valence-electron chi connectivity index (χ4n) is 4.36. The van der Waals surface area contributed by atoms with Gasteiger partial charge in [-0.25, -0.2) is 0 Å². The molecule has 1 N–H and O–H groups in total. The molecule has 162 valence electrons. The van der Waals surface area contributed by atoms with Gasteiger partial charge in [-0.3, -0.25) is 4.79 Å².